The maximum Gasteiger partial charge on any atom is 0.318 e. The van der Waals surface area contributed by atoms with Crippen LogP contribution in [-0.2, 0) is 13.1 Å². The van der Waals surface area contributed by atoms with Gasteiger partial charge in [0.2, 0.25) is 5.95 Å². The van der Waals surface area contributed by atoms with Gasteiger partial charge in [-0.1, -0.05) is 32.0 Å². The second kappa shape index (κ2) is 11.1. The number of urea groups is 1. The summed E-state index contributed by atoms with van der Waals surface area (Å²) >= 11 is 0. The third-order valence-corrected chi connectivity index (χ3v) is 5.48. The minimum atomic E-state index is -0.514. The van der Waals surface area contributed by atoms with Gasteiger partial charge in [0.05, 0.1) is 6.61 Å². The van der Waals surface area contributed by atoms with Crippen molar-refractivity contribution in [3.05, 3.63) is 59.7 Å². The molecule has 1 aromatic heterocycles. The molecule has 1 saturated heterocycles. The SMILES string of the molecule is CC(C)COc1ccc(CNC(=O)N(Cc2ccc(F)nc2)C2CCN(C)CC2)cc1. The van der Waals surface area contributed by atoms with Crippen LogP contribution in [0.4, 0.5) is 9.18 Å². The largest absolute Gasteiger partial charge is 0.493 e. The van der Waals surface area contributed by atoms with Crippen molar-refractivity contribution in [2.24, 2.45) is 5.92 Å². The van der Waals surface area contributed by atoms with E-state index in [0.717, 1.165) is 42.8 Å². The van der Waals surface area contributed by atoms with Crippen LogP contribution in [-0.4, -0.2) is 53.6 Å². The fourth-order valence-electron chi connectivity index (χ4n) is 3.62. The van der Waals surface area contributed by atoms with Gasteiger partial charge >= 0.3 is 6.03 Å². The first-order valence-corrected chi connectivity index (χ1v) is 11.0. The lowest BCUT2D eigenvalue weighted by molar-refractivity contribution is 0.127. The van der Waals surface area contributed by atoms with E-state index in [0.29, 0.717) is 25.6 Å². The average molecular weight is 429 g/mol. The van der Waals surface area contributed by atoms with Crippen LogP contribution in [0, 0.1) is 11.9 Å². The molecule has 2 aromatic rings. The maximum atomic E-state index is 13.2. The van der Waals surface area contributed by atoms with Crippen molar-refractivity contribution in [3.8, 4) is 5.75 Å². The number of halogens is 1. The number of piperidine rings is 1. The van der Waals surface area contributed by atoms with Crippen molar-refractivity contribution >= 4 is 6.03 Å². The van der Waals surface area contributed by atoms with Crippen LogP contribution >= 0.6 is 0 Å². The number of ether oxygens (including phenoxy) is 1. The van der Waals surface area contributed by atoms with Gasteiger partial charge in [0.1, 0.15) is 5.75 Å². The van der Waals surface area contributed by atoms with Gasteiger partial charge in [0.15, 0.2) is 0 Å². The predicted octanol–water partition coefficient (Wildman–Crippen LogP) is 4.06. The summed E-state index contributed by atoms with van der Waals surface area (Å²) in [6.07, 6.45) is 3.33. The first-order valence-electron chi connectivity index (χ1n) is 11.0. The standard InChI is InChI=1S/C24H33FN4O2/c1-18(2)17-31-22-7-4-19(5-8-22)14-27-24(30)29(21-10-12-28(3)13-11-21)16-20-6-9-23(25)26-15-20/h4-9,15,18,21H,10-14,16-17H2,1-3H3,(H,27,30). The molecular weight excluding hydrogens is 395 g/mol. The van der Waals surface area contributed by atoms with Crippen molar-refractivity contribution < 1.29 is 13.9 Å². The Morgan fingerprint density at radius 3 is 2.48 bits per heavy atom. The van der Waals surface area contributed by atoms with Crippen LogP contribution in [0.15, 0.2) is 42.6 Å². The summed E-state index contributed by atoms with van der Waals surface area (Å²) in [4.78, 5) is 21.0. The van der Waals surface area contributed by atoms with Crippen LogP contribution in [0.5, 0.6) is 5.75 Å². The Bertz CT molecular complexity index is 818. The number of aromatic nitrogens is 1. The number of hydrogen-bond acceptors (Lipinski definition) is 4. The van der Waals surface area contributed by atoms with Crippen molar-refractivity contribution in [2.75, 3.05) is 26.7 Å². The van der Waals surface area contributed by atoms with Gasteiger partial charge in [-0.25, -0.2) is 9.78 Å². The number of nitrogens with zero attached hydrogens (tertiary/aromatic N) is 3. The zero-order valence-electron chi connectivity index (χ0n) is 18.7. The minimum absolute atomic E-state index is 0.112. The minimum Gasteiger partial charge on any atom is -0.493 e. The number of carbonyl (C=O) groups is 1. The lowest BCUT2D eigenvalue weighted by Gasteiger charge is -2.37. The van der Waals surface area contributed by atoms with E-state index in [4.69, 9.17) is 4.74 Å². The van der Waals surface area contributed by atoms with Crippen LogP contribution in [0.25, 0.3) is 0 Å². The summed E-state index contributed by atoms with van der Waals surface area (Å²) in [5.74, 6) is 0.793. The lowest BCUT2D eigenvalue weighted by atomic mass is 10.0. The highest BCUT2D eigenvalue weighted by molar-refractivity contribution is 5.74. The molecule has 1 fully saturated rings. The highest BCUT2D eigenvalue weighted by Crippen LogP contribution is 2.19. The number of amides is 2. The van der Waals surface area contributed by atoms with E-state index < -0.39 is 5.95 Å². The fraction of sp³-hybridized carbons (Fsp3) is 0.500. The molecule has 0 radical (unpaired) electrons. The average Bonchev–Trinajstić information content (AvgIpc) is 2.77. The molecule has 31 heavy (non-hydrogen) atoms. The number of benzene rings is 1. The quantitative estimate of drug-likeness (QED) is 0.644. The molecule has 3 rings (SSSR count). The molecule has 2 amide bonds. The Morgan fingerprint density at radius 2 is 1.87 bits per heavy atom. The highest BCUT2D eigenvalue weighted by atomic mass is 19.1. The Kier molecular flexibility index (Phi) is 8.23. The number of nitrogens with one attached hydrogen (secondary N) is 1. The maximum absolute atomic E-state index is 13.2. The van der Waals surface area contributed by atoms with Crippen LogP contribution < -0.4 is 10.1 Å². The second-order valence-corrected chi connectivity index (χ2v) is 8.66. The summed E-state index contributed by atoms with van der Waals surface area (Å²) in [5.41, 5.74) is 1.83. The van der Waals surface area contributed by atoms with E-state index >= 15 is 0 Å². The summed E-state index contributed by atoms with van der Waals surface area (Å²) in [6, 6.07) is 10.9. The first kappa shape index (κ1) is 23.0. The molecule has 168 valence electrons. The molecule has 0 unspecified atom stereocenters. The molecule has 1 N–H and O–H groups in total. The van der Waals surface area contributed by atoms with Gasteiger partial charge in [0.25, 0.3) is 0 Å². The molecule has 1 aliphatic heterocycles. The molecule has 0 saturated carbocycles. The third-order valence-electron chi connectivity index (χ3n) is 5.48. The van der Waals surface area contributed by atoms with Gasteiger partial charge in [-0.15, -0.1) is 0 Å². The molecule has 6 nitrogen and oxygen atoms in total. The summed E-state index contributed by atoms with van der Waals surface area (Å²) in [7, 11) is 2.10. The second-order valence-electron chi connectivity index (χ2n) is 8.66. The number of likely N-dealkylation sites (tertiary alicyclic amines) is 1. The summed E-state index contributed by atoms with van der Waals surface area (Å²) in [5, 5.41) is 3.05. The van der Waals surface area contributed by atoms with Crippen LogP contribution in [0.1, 0.15) is 37.8 Å². The van der Waals surface area contributed by atoms with E-state index in [9.17, 15) is 9.18 Å². The van der Waals surface area contributed by atoms with Gasteiger partial charge in [-0.3, -0.25) is 0 Å². The topological polar surface area (TPSA) is 57.7 Å². The van der Waals surface area contributed by atoms with Crippen molar-refractivity contribution in [1.29, 1.82) is 0 Å². The lowest BCUT2D eigenvalue weighted by Crippen LogP contribution is -2.49. The summed E-state index contributed by atoms with van der Waals surface area (Å²) in [6.45, 7) is 7.66. The van der Waals surface area contributed by atoms with E-state index in [1.807, 2.05) is 29.2 Å². The smallest absolute Gasteiger partial charge is 0.318 e. The number of hydrogen-bond donors (Lipinski definition) is 1. The molecule has 0 bridgehead atoms. The zero-order valence-corrected chi connectivity index (χ0v) is 18.7. The highest BCUT2D eigenvalue weighted by Gasteiger charge is 2.27. The van der Waals surface area contributed by atoms with E-state index in [2.05, 4.69) is 36.1 Å². The molecular formula is C24H33FN4O2. The van der Waals surface area contributed by atoms with Crippen LogP contribution in [0.2, 0.25) is 0 Å². The Labute approximate surface area is 184 Å². The molecule has 0 atom stereocenters. The molecule has 0 spiro atoms. The van der Waals surface area contributed by atoms with Crippen molar-refractivity contribution in [1.82, 2.24) is 20.1 Å². The van der Waals surface area contributed by atoms with Gasteiger partial charge in [0, 0.05) is 25.3 Å². The van der Waals surface area contributed by atoms with Crippen molar-refractivity contribution in [2.45, 2.75) is 45.8 Å². The van der Waals surface area contributed by atoms with Crippen molar-refractivity contribution in [3.63, 3.8) is 0 Å². The van der Waals surface area contributed by atoms with E-state index in [1.54, 1.807) is 6.07 Å². The predicted molar refractivity (Wildman–Crippen MR) is 119 cm³/mol. The Morgan fingerprint density at radius 1 is 1.19 bits per heavy atom. The first-order chi connectivity index (χ1) is 14.9. The molecule has 1 aliphatic rings. The molecule has 1 aromatic carbocycles. The fourth-order valence-corrected chi connectivity index (χ4v) is 3.62. The Balaban J connectivity index is 1.61. The molecule has 7 heteroatoms. The van der Waals surface area contributed by atoms with Gasteiger partial charge < -0.3 is 19.9 Å². The molecule has 0 aliphatic carbocycles. The number of pyridine rings is 1. The van der Waals surface area contributed by atoms with E-state index in [1.165, 1.54) is 12.3 Å². The van der Waals surface area contributed by atoms with Crippen LogP contribution in [0.3, 0.4) is 0 Å². The number of rotatable bonds is 8. The monoisotopic (exact) mass is 428 g/mol. The normalized spacial score (nSPS) is 15.1. The van der Waals surface area contributed by atoms with Gasteiger partial charge in [-0.05, 0) is 68.2 Å². The summed E-state index contributed by atoms with van der Waals surface area (Å²) < 4.78 is 18.9. The number of carbonyl (C=O) groups excluding carboxylic acids is 1. The zero-order chi connectivity index (χ0) is 22.2. The van der Waals surface area contributed by atoms with Gasteiger partial charge in [-0.2, -0.15) is 4.39 Å². The Hall–Kier alpha value is -2.67. The molecule has 2 heterocycles. The third kappa shape index (κ3) is 7.21. The van der Waals surface area contributed by atoms with E-state index in [-0.39, 0.29) is 12.1 Å².